The highest BCUT2D eigenvalue weighted by Gasteiger charge is 2.26. The molecule has 174 valence electrons. The van der Waals surface area contributed by atoms with Gasteiger partial charge in [0, 0.05) is 16.0 Å². The average Bonchev–Trinajstić information content (AvgIpc) is 3.24. The molecule has 1 N–H and O–H groups in total. The molecule has 1 aromatic heterocycles. The Kier molecular flexibility index (Phi) is 6.95. The van der Waals surface area contributed by atoms with Crippen molar-refractivity contribution >= 4 is 27.5 Å². The maximum absolute atomic E-state index is 14.0. The van der Waals surface area contributed by atoms with E-state index in [2.05, 4.69) is 69.2 Å². The second kappa shape index (κ2) is 9.73. The van der Waals surface area contributed by atoms with Gasteiger partial charge in [-0.05, 0) is 55.1 Å². The van der Waals surface area contributed by atoms with E-state index in [1.54, 1.807) is 12.1 Å². The van der Waals surface area contributed by atoms with Gasteiger partial charge in [-0.2, -0.15) is 4.98 Å². The highest BCUT2D eigenvalue weighted by atomic mass is 79.9. The molecule has 4 rings (SSSR count). The van der Waals surface area contributed by atoms with Gasteiger partial charge in [0.2, 0.25) is 17.6 Å². The molecule has 3 aromatic rings. The van der Waals surface area contributed by atoms with Crippen LogP contribution in [0.2, 0.25) is 0 Å². The molecule has 0 aliphatic carbocycles. The van der Waals surface area contributed by atoms with Gasteiger partial charge in [0.05, 0.1) is 12.2 Å². The Morgan fingerprint density at radius 1 is 1.18 bits per heavy atom. The highest BCUT2D eigenvalue weighted by Crippen LogP contribution is 2.26. The SMILES string of the molecule is CC(C)(C)c1ccc(-c2noc(CN3CCC(C(=O)Nc4ccc(Br)cc4F)CC3)n2)cc1. The van der Waals surface area contributed by atoms with Crippen LogP contribution < -0.4 is 5.32 Å². The molecule has 0 atom stereocenters. The Bertz CT molecular complexity index is 1120. The summed E-state index contributed by atoms with van der Waals surface area (Å²) in [7, 11) is 0. The number of nitrogens with one attached hydrogen (secondary N) is 1. The van der Waals surface area contributed by atoms with Gasteiger partial charge in [-0.25, -0.2) is 4.39 Å². The predicted octanol–water partition coefficient (Wildman–Crippen LogP) is 5.79. The lowest BCUT2D eigenvalue weighted by molar-refractivity contribution is -0.121. The fourth-order valence-corrected chi connectivity index (χ4v) is 4.26. The van der Waals surface area contributed by atoms with Crippen molar-refractivity contribution in [1.29, 1.82) is 0 Å². The van der Waals surface area contributed by atoms with Crippen LogP contribution >= 0.6 is 15.9 Å². The van der Waals surface area contributed by atoms with Crippen molar-refractivity contribution in [1.82, 2.24) is 15.0 Å². The summed E-state index contributed by atoms with van der Waals surface area (Å²) in [5.41, 5.74) is 2.48. The number of halogens is 2. The largest absolute Gasteiger partial charge is 0.338 e. The van der Waals surface area contributed by atoms with Crippen LogP contribution in [0.25, 0.3) is 11.4 Å². The first-order valence-electron chi connectivity index (χ1n) is 11.1. The van der Waals surface area contributed by atoms with E-state index in [9.17, 15) is 9.18 Å². The lowest BCUT2D eigenvalue weighted by Gasteiger charge is -2.30. The van der Waals surface area contributed by atoms with Crippen molar-refractivity contribution in [3.05, 3.63) is 64.2 Å². The zero-order chi connectivity index (χ0) is 23.6. The van der Waals surface area contributed by atoms with Crippen LogP contribution in [0.5, 0.6) is 0 Å². The van der Waals surface area contributed by atoms with Crippen molar-refractivity contribution < 1.29 is 13.7 Å². The molecule has 33 heavy (non-hydrogen) atoms. The summed E-state index contributed by atoms with van der Waals surface area (Å²) >= 11 is 3.22. The fourth-order valence-electron chi connectivity index (χ4n) is 3.93. The molecule has 2 heterocycles. The number of likely N-dealkylation sites (tertiary alicyclic amines) is 1. The van der Waals surface area contributed by atoms with Crippen LogP contribution in [0.3, 0.4) is 0 Å². The van der Waals surface area contributed by atoms with Crippen molar-refractivity contribution in [2.75, 3.05) is 18.4 Å². The molecule has 0 bridgehead atoms. The van der Waals surface area contributed by atoms with Crippen LogP contribution in [0.15, 0.2) is 51.5 Å². The molecule has 0 radical (unpaired) electrons. The molecule has 2 aromatic carbocycles. The number of amides is 1. The van der Waals surface area contributed by atoms with Gasteiger partial charge in [-0.15, -0.1) is 0 Å². The van der Waals surface area contributed by atoms with Gasteiger partial charge < -0.3 is 9.84 Å². The number of anilines is 1. The maximum atomic E-state index is 14.0. The van der Waals surface area contributed by atoms with E-state index in [1.165, 1.54) is 11.6 Å². The average molecular weight is 515 g/mol. The monoisotopic (exact) mass is 514 g/mol. The molecular weight excluding hydrogens is 487 g/mol. The third-order valence-corrected chi connectivity index (χ3v) is 6.48. The Morgan fingerprint density at radius 3 is 2.52 bits per heavy atom. The number of aromatic nitrogens is 2. The third-order valence-electron chi connectivity index (χ3n) is 5.98. The van der Waals surface area contributed by atoms with E-state index in [1.807, 2.05) is 12.1 Å². The van der Waals surface area contributed by atoms with E-state index in [4.69, 9.17) is 4.52 Å². The molecule has 0 spiro atoms. The maximum Gasteiger partial charge on any atom is 0.241 e. The fraction of sp³-hybridized carbons (Fsp3) is 0.400. The predicted molar refractivity (Wildman–Crippen MR) is 129 cm³/mol. The smallest absolute Gasteiger partial charge is 0.241 e. The minimum Gasteiger partial charge on any atom is -0.338 e. The number of benzene rings is 2. The van der Waals surface area contributed by atoms with Crippen molar-refractivity contribution in [2.24, 2.45) is 5.92 Å². The topological polar surface area (TPSA) is 71.3 Å². The molecule has 1 aliphatic rings. The first-order chi connectivity index (χ1) is 15.7. The van der Waals surface area contributed by atoms with Crippen LogP contribution in [-0.2, 0) is 16.8 Å². The van der Waals surface area contributed by atoms with Crippen molar-refractivity contribution in [2.45, 2.75) is 45.6 Å². The first-order valence-corrected chi connectivity index (χ1v) is 11.9. The minimum atomic E-state index is -0.449. The number of piperidine rings is 1. The summed E-state index contributed by atoms with van der Waals surface area (Å²) in [6.45, 7) is 8.56. The van der Waals surface area contributed by atoms with E-state index < -0.39 is 5.82 Å². The van der Waals surface area contributed by atoms with Gasteiger partial charge in [0.15, 0.2) is 0 Å². The van der Waals surface area contributed by atoms with Crippen LogP contribution in [0.4, 0.5) is 10.1 Å². The quantitative estimate of drug-likeness (QED) is 0.466. The van der Waals surface area contributed by atoms with Gasteiger partial charge in [-0.3, -0.25) is 9.69 Å². The normalized spacial score (nSPS) is 15.5. The molecule has 6 nitrogen and oxygen atoms in total. The van der Waals surface area contributed by atoms with Gasteiger partial charge in [0.25, 0.3) is 0 Å². The first kappa shape index (κ1) is 23.6. The summed E-state index contributed by atoms with van der Waals surface area (Å²) in [6.07, 6.45) is 1.39. The Hall–Kier alpha value is -2.58. The Balaban J connectivity index is 1.30. The zero-order valence-electron chi connectivity index (χ0n) is 19.1. The summed E-state index contributed by atoms with van der Waals surface area (Å²) < 4.78 is 20.1. The molecule has 8 heteroatoms. The molecule has 1 aliphatic heterocycles. The van der Waals surface area contributed by atoms with E-state index in [-0.39, 0.29) is 22.9 Å². The summed E-state index contributed by atoms with van der Waals surface area (Å²) in [6, 6.07) is 12.9. The lowest BCUT2D eigenvalue weighted by atomic mass is 9.87. The van der Waals surface area contributed by atoms with Crippen LogP contribution in [0.1, 0.15) is 45.1 Å². The summed E-state index contributed by atoms with van der Waals surface area (Å²) in [4.78, 5) is 19.3. The number of carbonyl (C=O) groups is 1. The van der Waals surface area contributed by atoms with E-state index >= 15 is 0 Å². The zero-order valence-corrected chi connectivity index (χ0v) is 20.7. The molecule has 1 fully saturated rings. The van der Waals surface area contributed by atoms with Crippen LogP contribution in [0, 0.1) is 11.7 Å². The standard InChI is InChI=1S/C25H28BrFN4O2/c1-25(2,3)18-6-4-16(5-7-18)23-29-22(33-30-23)15-31-12-10-17(11-13-31)24(32)28-21-9-8-19(26)14-20(21)27/h4-9,14,17H,10-13,15H2,1-3H3,(H,28,32). The number of rotatable bonds is 5. The minimum absolute atomic E-state index is 0.0936. The highest BCUT2D eigenvalue weighted by molar-refractivity contribution is 9.10. The molecule has 1 saturated heterocycles. The van der Waals surface area contributed by atoms with Crippen molar-refractivity contribution in [3.8, 4) is 11.4 Å². The Labute approximate surface area is 201 Å². The molecular formula is C25H28BrFN4O2. The second-order valence-electron chi connectivity index (χ2n) is 9.50. The van der Waals surface area contributed by atoms with E-state index in [0.717, 1.165) is 18.7 Å². The summed E-state index contributed by atoms with van der Waals surface area (Å²) in [5, 5.41) is 6.84. The lowest BCUT2D eigenvalue weighted by Crippen LogP contribution is -2.37. The third kappa shape index (κ3) is 5.86. The number of hydrogen-bond donors (Lipinski definition) is 1. The summed E-state index contributed by atoms with van der Waals surface area (Å²) in [5.74, 6) is 0.398. The Morgan fingerprint density at radius 2 is 1.88 bits per heavy atom. The number of carbonyl (C=O) groups excluding carboxylic acids is 1. The van der Waals surface area contributed by atoms with Crippen LogP contribution in [-0.4, -0.2) is 34.0 Å². The van der Waals surface area contributed by atoms with Gasteiger partial charge in [-0.1, -0.05) is 66.1 Å². The van der Waals surface area contributed by atoms with Gasteiger partial charge >= 0.3 is 0 Å². The van der Waals surface area contributed by atoms with Gasteiger partial charge in [0.1, 0.15) is 5.82 Å². The van der Waals surface area contributed by atoms with Crippen molar-refractivity contribution in [3.63, 3.8) is 0 Å². The molecule has 0 saturated carbocycles. The molecule has 1 amide bonds. The number of nitrogens with zero attached hydrogens (tertiary/aromatic N) is 3. The number of hydrogen-bond acceptors (Lipinski definition) is 5. The molecule has 0 unspecified atom stereocenters. The van der Waals surface area contributed by atoms with E-state index in [0.29, 0.717) is 35.6 Å². The second-order valence-corrected chi connectivity index (χ2v) is 10.4.